The summed E-state index contributed by atoms with van der Waals surface area (Å²) < 4.78 is 25.3. The molecule has 5 nitrogen and oxygen atoms in total. The van der Waals surface area contributed by atoms with E-state index in [1.54, 1.807) is 18.5 Å². The van der Waals surface area contributed by atoms with E-state index in [-0.39, 0.29) is 0 Å². The topological polar surface area (TPSA) is 78.0 Å². The summed E-state index contributed by atoms with van der Waals surface area (Å²) in [6.07, 6.45) is 2.51. The van der Waals surface area contributed by atoms with Crippen LogP contribution in [0.2, 0.25) is 0 Å². The molecule has 1 atom stereocenters. The molecule has 0 aliphatic carbocycles. The van der Waals surface area contributed by atoms with Gasteiger partial charge in [0, 0.05) is 25.8 Å². The Hall–Kier alpha value is -0.400. The molecule has 0 fully saturated rings. The zero-order chi connectivity index (χ0) is 15.0. The van der Waals surface area contributed by atoms with Gasteiger partial charge >= 0.3 is 0 Å². The first-order valence-corrected chi connectivity index (χ1v) is 8.86. The minimum absolute atomic E-state index is 0.462. The van der Waals surface area contributed by atoms with Crippen LogP contribution in [0.15, 0.2) is 4.47 Å². The summed E-state index contributed by atoms with van der Waals surface area (Å²) in [6.45, 7) is 5.35. The van der Waals surface area contributed by atoms with Crippen molar-refractivity contribution in [1.29, 1.82) is 0 Å². The summed E-state index contributed by atoms with van der Waals surface area (Å²) in [7, 11) is -1.37. The number of hydrogen-bond donors (Lipinski definition) is 1. The van der Waals surface area contributed by atoms with E-state index < -0.39 is 20.6 Å². The fraction of sp³-hybridized carbons (Fsp3) is 0.750. The van der Waals surface area contributed by atoms with Crippen LogP contribution in [0.4, 0.5) is 0 Å². The highest BCUT2D eigenvalue weighted by Crippen LogP contribution is 2.27. The molecule has 0 amide bonds. The number of nitrogens with two attached hydrogens (primary N) is 1. The molecule has 0 saturated heterocycles. The largest absolute Gasteiger partial charge is 0.326 e. The van der Waals surface area contributed by atoms with Crippen LogP contribution in [0, 0.1) is 0 Å². The minimum atomic E-state index is -3.22. The fourth-order valence-electron chi connectivity index (χ4n) is 1.77. The van der Waals surface area contributed by atoms with Gasteiger partial charge in [-0.3, -0.25) is 4.68 Å². The minimum Gasteiger partial charge on any atom is -0.326 e. The lowest BCUT2D eigenvalue weighted by atomic mass is 9.99. The molecule has 1 rings (SSSR count). The molecule has 1 unspecified atom stereocenters. The van der Waals surface area contributed by atoms with Gasteiger partial charge in [0.2, 0.25) is 0 Å². The van der Waals surface area contributed by atoms with Gasteiger partial charge in [-0.1, -0.05) is 6.92 Å². The van der Waals surface area contributed by atoms with Gasteiger partial charge < -0.3 is 5.73 Å². The Morgan fingerprint density at radius 3 is 2.37 bits per heavy atom. The zero-order valence-electron chi connectivity index (χ0n) is 12.1. The number of nitrogens with zero attached hydrogens (tertiary/aromatic N) is 2. The Morgan fingerprint density at radius 2 is 2.00 bits per heavy atom. The van der Waals surface area contributed by atoms with Crippen LogP contribution >= 0.6 is 15.9 Å². The van der Waals surface area contributed by atoms with Crippen LogP contribution in [-0.2, 0) is 29.7 Å². The van der Waals surface area contributed by atoms with E-state index in [2.05, 4.69) is 21.0 Å². The van der Waals surface area contributed by atoms with Crippen LogP contribution < -0.4 is 5.73 Å². The molecule has 19 heavy (non-hydrogen) atoms. The lowest BCUT2D eigenvalue weighted by Gasteiger charge is -2.29. The molecule has 2 N–H and O–H groups in total. The summed E-state index contributed by atoms with van der Waals surface area (Å²) in [6, 6.07) is -0.487. The predicted octanol–water partition coefficient (Wildman–Crippen LogP) is 1.44. The number of sulfone groups is 1. The lowest BCUT2D eigenvalue weighted by Crippen LogP contribution is -2.50. The molecule has 0 spiro atoms. The Balaban J connectivity index is 3.08. The summed E-state index contributed by atoms with van der Waals surface area (Å²) in [5.74, 6) is 0. The van der Waals surface area contributed by atoms with Crippen molar-refractivity contribution in [3.05, 3.63) is 15.9 Å². The molecule has 0 radical (unpaired) electrons. The summed E-state index contributed by atoms with van der Waals surface area (Å²) in [4.78, 5) is 0. The fourth-order valence-corrected chi connectivity index (χ4v) is 3.18. The third kappa shape index (κ3) is 3.20. The van der Waals surface area contributed by atoms with Gasteiger partial charge in [-0.15, -0.1) is 0 Å². The van der Waals surface area contributed by atoms with Crippen LogP contribution in [0.1, 0.15) is 32.2 Å². The van der Waals surface area contributed by atoms with Gasteiger partial charge in [0.15, 0.2) is 9.84 Å². The number of aryl methyl sites for hydroxylation is 2. The average molecular weight is 352 g/mol. The van der Waals surface area contributed by atoms with Gasteiger partial charge in [0.25, 0.3) is 0 Å². The van der Waals surface area contributed by atoms with Crippen molar-refractivity contribution in [1.82, 2.24) is 9.78 Å². The quantitative estimate of drug-likeness (QED) is 0.870. The first-order chi connectivity index (χ1) is 8.52. The van der Waals surface area contributed by atoms with Gasteiger partial charge in [-0.05, 0) is 36.2 Å². The van der Waals surface area contributed by atoms with Gasteiger partial charge in [-0.25, -0.2) is 8.42 Å². The van der Waals surface area contributed by atoms with E-state index in [1.807, 2.05) is 14.0 Å². The molecule has 1 aromatic rings. The van der Waals surface area contributed by atoms with E-state index in [4.69, 9.17) is 5.73 Å². The van der Waals surface area contributed by atoms with Crippen LogP contribution in [0.3, 0.4) is 0 Å². The summed E-state index contributed by atoms with van der Waals surface area (Å²) >= 11 is 3.52. The normalized spacial score (nSPS) is 14.7. The maximum Gasteiger partial charge on any atom is 0.154 e. The molecule has 0 aliphatic rings. The highest BCUT2D eigenvalue weighted by molar-refractivity contribution is 9.10. The van der Waals surface area contributed by atoms with Crippen molar-refractivity contribution in [2.45, 2.75) is 44.4 Å². The second kappa shape index (κ2) is 5.54. The molecular formula is C12H22BrN3O2S. The van der Waals surface area contributed by atoms with Crippen molar-refractivity contribution < 1.29 is 8.42 Å². The van der Waals surface area contributed by atoms with Gasteiger partial charge in [0.05, 0.1) is 20.6 Å². The van der Waals surface area contributed by atoms with E-state index >= 15 is 0 Å². The molecule has 0 saturated carbocycles. The number of halogens is 1. The molecular weight excluding hydrogens is 330 g/mol. The first-order valence-electron chi connectivity index (χ1n) is 6.17. The Morgan fingerprint density at radius 1 is 1.47 bits per heavy atom. The van der Waals surface area contributed by atoms with E-state index in [0.717, 1.165) is 22.3 Å². The highest BCUT2D eigenvalue weighted by atomic mass is 79.9. The predicted molar refractivity (Wildman–Crippen MR) is 80.9 cm³/mol. The summed E-state index contributed by atoms with van der Waals surface area (Å²) in [5.41, 5.74) is 8.01. The third-order valence-corrected chi connectivity index (χ3v) is 6.89. The molecule has 0 aliphatic heterocycles. The molecule has 0 bridgehead atoms. The van der Waals surface area contributed by atoms with E-state index in [0.29, 0.717) is 6.42 Å². The van der Waals surface area contributed by atoms with Crippen molar-refractivity contribution in [3.8, 4) is 0 Å². The number of aromatic nitrogens is 2. The third-order valence-electron chi connectivity index (χ3n) is 3.76. The van der Waals surface area contributed by atoms with Crippen LogP contribution in [0.5, 0.6) is 0 Å². The Bertz CT molecular complexity index is 564. The average Bonchev–Trinajstić information content (AvgIpc) is 2.54. The molecule has 1 heterocycles. The second-order valence-corrected chi connectivity index (χ2v) is 8.76. The van der Waals surface area contributed by atoms with Crippen molar-refractivity contribution in [2.75, 3.05) is 6.26 Å². The Kier molecular flexibility index (Phi) is 4.85. The van der Waals surface area contributed by atoms with E-state index in [1.165, 1.54) is 6.26 Å². The van der Waals surface area contributed by atoms with Gasteiger partial charge in [0.1, 0.15) is 0 Å². The summed E-state index contributed by atoms with van der Waals surface area (Å²) in [5, 5.41) is 4.39. The number of rotatable bonds is 5. The second-order valence-electron chi connectivity index (χ2n) is 5.37. The zero-order valence-corrected chi connectivity index (χ0v) is 14.5. The van der Waals surface area contributed by atoms with Crippen molar-refractivity contribution in [2.24, 2.45) is 12.8 Å². The van der Waals surface area contributed by atoms with Gasteiger partial charge in [-0.2, -0.15) is 5.10 Å². The lowest BCUT2D eigenvalue weighted by molar-refractivity contribution is 0.472. The van der Waals surface area contributed by atoms with Crippen molar-refractivity contribution >= 4 is 25.8 Å². The standard InChI is InChI=1S/C12H22BrN3O2S/c1-6-8-11(13)9(16(4)15-8)7-10(14)12(2,3)19(5,17)18/h10H,6-7,14H2,1-5H3. The molecule has 0 aromatic carbocycles. The monoisotopic (exact) mass is 351 g/mol. The smallest absolute Gasteiger partial charge is 0.154 e. The first kappa shape index (κ1) is 16.7. The molecule has 1 aromatic heterocycles. The Labute approximate surface area is 123 Å². The maximum absolute atomic E-state index is 11.8. The van der Waals surface area contributed by atoms with Crippen molar-refractivity contribution in [3.63, 3.8) is 0 Å². The highest BCUT2D eigenvalue weighted by Gasteiger charge is 2.37. The number of hydrogen-bond acceptors (Lipinski definition) is 4. The van der Waals surface area contributed by atoms with Crippen LogP contribution in [-0.4, -0.2) is 35.2 Å². The molecule has 110 valence electrons. The molecule has 7 heteroatoms. The SMILES string of the molecule is CCc1nn(C)c(CC(N)C(C)(C)S(C)(=O)=O)c1Br. The van der Waals surface area contributed by atoms with E-state index in [9.17, 15) is 8.42 Å². The maximum atomic E-state index is 11.8. The van der Waals surface area contributed by atoms with Crippen LogP contribution in [0.25, 0.3) is 0 Å².